The van der Waals surface area contributed by atoms with Gasteiger partial charge in [-0.15, -0.1) is 0 Å². The van der Waals surface area contributed by atoms with Gasteiger partial charge in [0, 0.05) is 29.9 Å². The lowest BCUT2D eigenvalue weighted by Gasteiger charge is -2.45. The van der Waals surface area contributed by atoms with Crippen LogP contribution < -0.4 is 5.32 Å². The molecule has 0 amide bonds. The first-order chi connectivity index (χ1) is 10.6. The molecule has 3 rings (SSSR count). The summed E-state index contributed by atoms with van der Waals surface area (Å²) in [5.41, 5.74) is 1.02. The van der Waals surface area contributed by atoms with Crippen LogP contribution in [0.1, 0.15) is 25.3 Å². The van der Waals surface area contributed by atoms with Crippen molar-refractivity contribution >= 4 is 22.7 Å². The predicted molar refractivity (Wildman–Crippen MR) is 89.5 cm³/mol. The zero-order chi connectivity index (χ0) is 15.6. The third-order valence-electron chi connectivity index (χ3n) is 4.30. The Morgan fingerprint density at radius 1 is 1.50 bits per heavy atom. The van der Waals surface area contributed by atoms with Crippen LogP contribution in [0.4, 0.5) is 4.39 Å². The summed E-state index contributed by atoms with van der Waals surface area (Å²) in [4.78, 5) is 4.34. The highest BCUT2D eigenvalue weighted by Crippen LogP contribution is 2.40. The Hall–Kier alpha value is -1.17. The molecule has 2 aromatic rings. The number of benzene rings is 1. The first-order valence-corrected chi connectivity index (χ1v) is 8.75. The van der Waals surface area contributed by atoms with Gasteiger partial charge in [-0.2, -0.15) is 11.8 Å². The van der Waals surface area contributed by atoms with Gasteiger partial charge in [0.15, 0.2) is 0 Å². The van der Waals surface area contributed by atoms with Crippen LogP contribution in [0.15, 0.2) is 30.5 Å². The minimum absolute atomic E-state index is 0.251. The fourth-order valence-corrected chi connectivity index (χ4v) is 4.21. The van der Waals surface area contributed by atoms with Crippen LogP contribution in [-0.4, -0.2) is 33.2 Å². The van der Waals surface area contributed by atoms with Crippen molar-refractivity contribution in [3.63, 3.8) is 0 Å². The number of pyridine rings is 1. The van der Waals surface area contributed by atoms with Gasteiger partial charge in [-0.1, -0.05) is 13.0 Å². The highest BCUT2D eigenvalue weighted by molar-refractivity contribution is 8.00. The summed E-state index contributed by atoms with van der Waals surface area (Å²) in [6.45, 7) is 3.16. The Balaban J connectivity index is 1.67. The topological polar surface area (TPSA) is 45.1 Å². The fraction of sp³-hybridized carbons (Fsp3) is 0.471. The van der Waals surface area contributed by atoms with Crippen LogP contribution in [0.25, 0.3) is 10.9 Å². The molecule has 1 heterocycles. The van der Waals surface area contributed by atoms with Crippen molar-refractivity contribution in [1.82, 2.24) is 10.3 Å². The molecule has 1 saturated carbocycles. The van der Waals surface area contributed by atoms with Crippen molar-refractivity contribution < 1.29 is 9.50 Å². The lowest BCUT2D eigenvalue weighted by molar-refractivity contribution is -0.0234. The van der Waals surface area contributed by atoms with E-state index in [4.69, 9.17) is 0 Å². The van der Waals surface area contributed by atoms with Crippen LogP contribution in [0.5, 0.6) is 0 Å². The molecule has 2 atom stereocenters. The molecule has 5 heteroatoms. The molecular formula is C17H21FN2OS. The zero-order valence-corrected chi connectivity index (χ0v) is 13.5. The number of aromatic nitrogens is 1. The number of hydrogen-bond donors (Lipinski definition) is 2. The SMILES string of the molecule is CCS[C@@H]1CC[C@]1(O)CNCc1cc(F)cc2cccnc12. The standard InChI is InChI=1S/C17H21FN2OS/c1-2-22-15-5-6-17(15,21)11-19-10-13-9-14(18)8-12-4-3-7-20-16(12)13/h3-4,7-9,15,19,21H,2,5-6,10-11H2,1H3/t15-,17+/m1/s1. The molecule has 22 heavy (non-hydrogen) atoms. The molecule has 0 unspecified atom stereocenters. The van der Waals surface area contributed by atoms with Gasteiger partial charge >= 0.3 is 0 Å². The van der Waals surface area contributed by atoms with Gasteiger partial charge < -0.3 is 10.4 Å². The molecule has 3 nitrogen and oxygen atoms in total. The molecule has 1 fully saturated rings. The van der Waals surface area contributed by atoms with E-state index in [2.05, 4.69) is 17.2 Å². The molecule has 1 aromatic heterocycles. The van der Waals surface area contributed by atoms with E-state index in [0.29, 0.717) is 18.3 Å². The normalized spacial score (nSPS) is 24.4. The van der Waals surface area contributed by atoms with Crippen molar-refractivity contribution in [2.75, 3.05) is 12.3 Å². The molecule has 1 aromatic carbocycles. The van der Waals surface area contributed by atoms with Gasteiger partial charge in [0.2, 0.25) is 0 Å². The monoisotopic (exact) mass is 320 g/mol. The summed E-state index contributed by atoms with van der Waals surface area (Å²) < 4.78 is 13.7. The number of aliphatic hydroxyl groups is 1. The fourth-order valence-electron chi connectivity index (χ4n) is 3.01. The number of nitrogens with one attached hydrogen (secondary N) is 1. The Labute approximate surface area is 134 Å². The molecule has 118 valence electrons. The van der Waals surface area contributed by atoms with E-state index in [9.17, 15) is 9.50 Å². The van der Waals surface area contributed by atoms with E-state index in [0.717, 1.165) is 35.1 Å². The minimum atomic E-state index is -0.628. The van der Waals surface area contributed by atoms with Crippen molar-refractivity contribution in [2.24, 2.45) is 0 Å². The van der Waals surface area contributed by atoms with Crippen molar-refractivity contribution in [3.8, 4) is 0 Å². The van der Waals surface area contributed by atoms with E-state index < -0.39 is 5.60 Å². The largest absolute Gasteiger partial charge is 0.387 e. The summed E-state index contributed by atoms with van der Waals surface area (Å²) in [7, 11) is 0. The van der Waals surface area contributed by atoms with E-state index in [1.807, 2.05) is 23.9 Å². The molecule has 0 saturated heterocycles. The van der Waals surface area contributed by atoms with Gasteiger partial charge in [-0.25, -0.2) is 4.39 Å². The molecule has 0 bridgehead atoms. The second-order valence-electron chi connectivity index (χ2n) is 5.83. The number of thioether (sulfide) groups is 1. The van der Waals surface area contributed by atoms with Crippen LogP contribution in [-0.2, 0) is 6.54 Å². The summed E-state index contributed by atoms with van der Waals surface area (Å²) in [6.07, 6.45) is 3.62. The zero-order valence-electron chi connectivity index (χ0n) is 12.7. The summed E-state index contributed by atoms with van der Waals surface area (Å²) in [5.74, 6) is 0.768. The molecular weight excluding hydrogens is 299 g/mol. The smallest absolute Gasteiger partial charge is 0.124 e. The van der Waals surface area contributed by atoms with Crippen LogP contribution in [0.3, 0.4) is 0 Å². The van der Waals surface area contributed by atoms with E-state index >= 15 is 0 Å². The average molecular weight is 320 g/mol. The highest BCUT2D eigenvalue weighted by atomic mass is 32.2. The summed E-state index contributed by atoms with van der Waals surface area (Å²) in [6, 6.07) is 6.69. The molecule has 1 aliphatic rings. The first kappa shape index (κ1) is 15.7. The number of rotatable bonds is 6. The number of nitrogens with zero attached hydrogens (tertiary/aromatic N) is 1. The maximum atomic E-state index is 13.7. The Kier molecular flexibility index (Phi) is 4.66. The first-order valence-electron chi connectivity index (χ1n) is 7.70. The van der Waals surface area contributed by atoms with Crippen LogP contribution in [0, 0.1) is 5.82 Å². The van der Waals surface area contributed by atoms with E-state index in [-0.39, 0.29) is 5.82 Å². The second-order valence-corrected chi connectivity index (χ2v) is 7.31. The molecule has 2 N–H and O–H groups in total. The lowest BCUT2D eigenvalue weighted by atomic mass is 9.79. The Bertz CT molecular complexity index is 666. The van der Waals surface area contributed by atoms with Gasteiger partial charge in [-0.3, -0.25) is 4.98 Å². The second kappa shape index (κ2) is 6.52. The molecule has 0 aliphatic heterocycles. The molecule has 1 aliphatic carbocycles. The van der Waals surface area contributed by atoms with Crippen LogP contribution >= 0.6 is 11.8 Å². The summed E-state index contributed by atoms with van der Waals surface area (Å²) >= 11 is 1.81. The van der Waals surface area contributed by atoms with Crippen molar-refractivity contribution in [3.05, 3.63) is 41.8 Å². The number of hydrogen-bond acceptors (Lipinski definition) is 4. The highest BCUT2D eigenvalue weighted by Gasteiger charge is 2.44. The number of halogens is 1. The van der Waals surface area contributed by atoms with Gasteiger partial charge in [0.05, 0.1) is 11.1 Å². The Morgan fingerprint density at radius 2 is 2.36 bits per heavy atom. The molecule has 0 radical (unpaired) electrons. The van der Waals surface area contributed by atoms with Gasteiger partial charge in [-0.05, 0) is 42.4 Å². The Morgan fingerprint density at radius 3 is 3.09 bits per heavy atom. The van der Waals surface area contributed by atoms with E-state index in [1.54, 1.807) is 6.20 Å². The van der Waals surface area contributed by atoms with Crippen molar-refractivity contribution in [2.45, 2.75) is 37.2 Å². The minimum Gasteiger partial charge on any atom is -0.387 e. The quantitative estimate of drug-likeness (QED) is 0.858. The maximum absolute atomic E-state index is 13.7. The summed E-state index contributed by atoms with van der Waals surface area (Å²) in [5, 5.41) is 15.0. The average Bonchev–Trinajstić information content (AvgIpc) is 2.51. The van der Waals surface area contributed by atoms with Crippen LogP contribution in [0.2, 0.25) is 0 Å². The van der Waals surface area contributed by atoms with Gasteiger partial charge in [0.1, 0.15) is 5.82 Å². The van der Waals surface area contributed by atoms with Gasteiger partial charge in [0.25, 0.3) is 0 Å². The third kappa shape index (κ3) is 3.12. The predicted octanol–water partition coefficient (Wildman–Crippen LogP) is 3.11. The van der Waals surface area contributed by atoms with E-state index in [1.165, 1.54) is 12.1 Å². The maximum Gasteiger partial charge on any atom is 0.124 e. The molecule has 0 spiro atoms. The number of fused-ring (bicyclic) bond motifs is 1. The third-order valence-corrected chi connectivity index (χ3v) is 5.71. The lowest BCUT2D eigenvalue weighted by Crippen LogP contribution is -2.56. The van der Waals surface area contributed by atoms with Crippen molar-refractivity contribution in [1.29, 1.82) is 0 Å².